The first-order chi connectivity index (χ1) is 25.3. The van der Waals surface area contributed by atoms with Gasteiger partial charge in [0.2, 0.25) is 0 Å². The van der Waals surface area contributed by atoms with E-state index in [9.17, 15) is 30.0 Å². The van der Waals surface area contributed by atoms with Crippen molar-refractivity contribution in [2.24, 2.45) is 0 Å². The van der Waals surface area contributed by atoms with Crippen molar-refractivity contribution in [2.45, 2.75) is 173 Å². The van der Waals surface area contributed by atoms with E-state index in [1.807, 2.05) is 6.08 Å². The van der Waals surface area contributed by atoms with Gasteiger partial charge in [-0.3, -0.25) is 9.59 Å². The second-order valence-electron chi connectivity index (χ2n) is 13.4. The van der Waals surface area contributed by atoms with Crippen LogP contribution in [0.5, 0.6) is 0 Å². The number of hydrogen-bond acceptors (Lipinski definition) is 10. The van der Waals surface area contributed by atoms with Gasteiger partial charge in [0, 0.05) is 12.8 Å². The van der Waals surface area contributed by atoms with Gasteiger partial charge in [0.1, 0.15) is 31.0 Å². The summed E-state index contributed by atoms with van der Waals surface area (Å²) in [5, 5.41) is 39.9. The second-order valence-corrected chi connectivity index (χ2v) is 13.4. The van der Waals surface area contributed by atoms with Crippen LogP contribution in [0.25, 0.3) is 0 Å². The molecule has 1 aliphatic heterocycles. The second kappa shape index (κ2) is 33.0. The van der Waals surface area contributed by atoms with Crippen molar-refractivity contribution >= 4 is 11.9 Å². The van der Waals surface area contributed by atoms with Gasteiger partial charge in [0.05, 0.1) is 13.2 Å². The van der Waals surface area contributed by atoms with Gasteiger partial charge in [-0.1, -0.05) is 132 Å². The molecule has 0 aromatic rings. The first kappa shape index (κ1) is 47.4. The fourth-order valence-electron chi connectivity index (χ4n) is 5.52. The molecule has 52 heavy (non-hydrogen) atoms. The van der Waals surface area contributed by atoms with E-state index in [0.717, 1.165) is 57.8 Å². The lowest BCUT2D eigenvalue weighted by atomic mass is 9.99. The number of allylic oxidation sites excluding steroid dienone is 10. The molecule has 1 saturated heterocycles. The molecule has 0 aromatic heterocycles. The molecule has 1 rings (SSSR count). The van der Waals surface area contributed by atoms with Gasteiger partial charge in [-0.25, -0.2) is 0 Å². The third-order valence-corrected chi connectivity index (χ3v) is 8.67. The predicted octanol–water partition coefficient (Wildman–Crippen LogP) is 7.49. The van der Waals surface area contributed by atoms with Crippen LogP contribution in [0.3, 0.4) is 0 Å². The zero-order chi connectivity index (χ0) is 38.1. The summed E-state index contributed by atoms with van der Waals surface area (Å²) in [5.41, 5.74) is 0. The number of rotatable bonds is 31. The van der Waals surface area contributed by atoms with Crippen molar-refractivity contribution in [3.05, 3.63) is 60.8 Å². The molecule has 2 unspecified atom stereocenters. The largest absolute Gasteiger partial charge is 0.462 e. The van der Waals surface area contributed by atoms with Crippen molar-refractivity contribution < 1.29 is 49.0 Å². The zero-order valence-electron chi connectivity index (χ0n) is 32.0. The van der Waals surface area contributed by atoms with Crippen LogP contribution >= 0.6 is 0 Å². The van der Waals surface area contributed by atoms with Gasteiger partial charge < -0.3 is 39.4 Å². The summed E-state index contributed by atoms with van der Waals surface area (Å²) < 4.78 is 22.0. The summed E-state index contributed by atoms with van der Waals surface area (Å²) in [7, 11) is 0. The lowest BCUT2D eigenvalue weighted by Gasteiger charge is -2.39. The number of unbranched alkanes of at least 4 members (excludes halogenated alkanes) is 10. The Morgan fingerprint density at radius 1 is 0.615 bits per heavy atom. The highest BCUT2D eigenvalue weighted by Crippen LogP contribution is 2.22. The van der Waals surface area contributed by atoms with Gasteiger partial charge in [-0.2, -0.15) is 0 Å². The van der Waals surface area contributed by atoms with Crippen molar-refractivity contribution in [1.82, 2.24) is 0 Å². The Morgan fingerprint density at radius 2 is 1.13 bits per heavy atom. The summed E-state index contributed by atoms with van der Waals surface area (Å²) in [6, 6.07) is 0. The Hall–Kier alpha value is -2.60. The highest BCUT2D eigenvalue weighted by atomic mass is 16.7. The van der Waals surface area contributed by atoms with E-state index in [1.165, 1.54) is 38.5 Å². The standard InChI is InChI=1S/C42H70O10/c1-3-5-7-9-11-13-15-16-17-18-19-20-21-23-25-27-29-31-38(45)51-35(34-50-42-41(48)40(47)39(46)36(32-43)52-42)33-49-37(44)30-28-26-24-22-14-12-10-8-6-4-2/h5,7,11,13,16-17,19-20,23,25,35-36,39-43,46-48H,3-4,6,8-10,12,14-15,18,21-22,24,26-34H2,1-2H3/b7-5+,13-11+,17-16+,20-19+,25-23+/t35-,36-,39+,40?,41?,42-/m1/s1. The van der Waals surface area contributed by atoms with E-state index in [0.29, 0.717) is 12.8 Å². The highest BCUT2D eigenvalue weighted by Gasteiger charge is 2.44. The van der Waals surface area contributed by atoms with E-state index >= 15 is 0 Å². The molecule has 4 N–H and O–H groups in total. The van der Waals surface area contributed by atoms with Crippen LogP contribution in [0.1, 0.15) is 136 Å². The maximum Gasteiger partial charge on any atom is 0.306 e. The van der Waals surface area contributed by atoms with E-state index < -0.39 is 55.4 Å². The molecule has 1 heterocycles. The zero-order valence-corrected chi connectivity index (χ0v) is 32.0. The van der Waals surface area contributed by atoms with Crippen LogP contribution in [-0.4, -0.2) is 89.0 Å². The van der Waals surface area contributed by atoms with Gasteiger partial charge >= 0.3 is 11.9 Å². The van der Waals surface area contributed by atoms with Crippen LogP contribution in [0.15, 0.2) is 60.8 Å². The topological polar surface area (TPSA) is 152 Å². The monoisotopic (exact) mass is 734 g/mol. The van der Waals surface area contributed by atoms with Gasteiger partial charge in [0.25, 0.3) is 0 Å². The molecule has 1 aliphatic rings. The van der Waals surface area contributed by atoms with Crippen LogP contribution in [-0.2, 0) is 28.5 Å². The summed E-state index contributed by atoms with van der Waals surface area (Å²) in [6.45, 7) is 3.21. The van der Waals surface area contributed by atoms with Crippen molar-refractivity contribution in [2.75, 3.05) is 19.8 Å². The molecular formula is C42H70O10. The number of carbonyl (C=O) groups excluding carboxylic acids is 2. The van der Waals surface area contributed by atoms with E-state index in [1.54, 1.807) is 0 Å². The van der Waals surface area contributed by atoms with E-state index in [-0.39, 0.29) is 26.1 Å². The number of ether oxygens (including phenoxy) is 4. The third kappa shape index (κ3) is 24.6. The summed E-state index contributed by atoms with van der Waals surface area (Å²) in [6.07, 6.45) is 31.0. The molecule has 298 valence electrons. The van der Waals surface area contributed by atoms with Crippen LogP contribution in [0.4, 0.5) is 0 Å². The Kier molecular flexibility index (Phi) is 30.1. The van der Waals surface area contributed by atoms with Crippen LogP contribution < -0.4 is 0 Å². The Bertz CT molecular complexity index is 1030. The van der Waals surface area contributed by atoms with Crippen molar-refractivity contribution in [1.29, 1.82) is 0 Å². The molecule has 0 aromatic carbocycles. The molecule has 0 spiro atoms. The number of aliphatic hydroxyl groups is 4. The molecule has 0 saturated carbocycles. The first-order valence-corrected chi connectivity index (χ1v) is 19.9. The SMILES string of the molecule is CC/C=C/C/C=C/C/C=C/C/C=C/C/C=C/CCCC(=O)O[C@H](COC(=O)CCCCCCCCCCCC)CO[C@@H]1O[C@H](CO)[C@H](O)C(O)C1O. The maximum atomic E-state index is 12.7. The smallest absolute Gasteiger partial charge is 0.306 e. The molecule has 0 bridgehead atoms. The van der Waals surface area contributed by atoms with Gasteiger partial charge in [-0.15, -0.1) is 0 Å². The molecule has 0 amide bonds. The fraction of sp³-hybridized carbons (Fsp3) is 0.714. The number of hydrogen-bond donors (Lipinski definition) is 4. The van der Waals surface area contributed by atoms with Crippen LogP contribution in [0.2, 0.25) is 0 Å². The molecular weight excluding hydrogens is 664 g/mol. The summed E-state index contributed by atoms with van der Waals surface area (Å²) in [4.78, 5) is 25.1. The van der Waals surface area contributed by atoms with Crippen molar-refractivity contribution in [3.8, 4) is 0 Å². The molecule has 0 radical (unpaired) electrons. The fourth-order valence-corrected chi connectivity index (χ4v) is 5.52. The minimum Gasteiger partial charge on any atom is -0.462 e. The van der Waals surface area contributed by atoms with Gasteiger partial charge in [-0.05, 0) is 51.4 Å². The molecule has 10 heteroatoms. The number of carbonyl (C=O) groups is 2. The van der Waals surface area contributed by atoms with E-state index in [2.05, 4.69) is 68.5 Å². The Balaban J connectivity index is 2.44. The minimum absolute atomic E-state index is 0.150. The molecule has 6 atom stereocenters. The quantitative estimate of drug-likeness (QED) is 0.0320. The summed E-state index contributed by atoms with van der Waals surface area (Å²) in [5.74, 6) is -0.882. The molecule has 0 aliphatic carbocycles. The number of aliphatic hydroxyl groups excluding tert-OH is 4. The average Bonchev–Trinajstić information content (AvgIpc) is 3.14. The highest BCUT2D eigenvalue weighted by molar-refractivity contribution is 5.70. The number of esters is 2. The molecule has 10 nitrogen and oxygen atoms in total. The van der Waals surface area contributed by atoms with Gasteiger partial charge in [0.15, 0.2) is 12.4 Å². The van der Waals surface area contributed by atoms with E-state index in [4.69, 9.17) is 18.9 Å². The third-order valence-electron chi connectivity index (χ3n) is 8.67. The Morgan fingerprint density at radius 3 is 1.69 bits per heavy atom. The first-order valence-electron chi connectivity index (χ1n) is 19.9. The lowest BCUT2D eigenvalue weighted by molar-refractivity contribution is -0.305. The molecule has 1 fully saturated rings. The Labute approximate surface area is 313 Å². The average molecular weight is 735 g/mol. The summed E-state index contributed by atoms with van der Waals surface area (Å²) >= 11 is 0. The van der Waals surface area contributed by atoms with Crippen molar-refractivity contribution in [3.63, 3.8) is 0 Å². The maximum absolute atomic E-state index is 12.7. The lowest BCUT2D eigenvalue weighted by Crippen LogP contribution is -2.59. The predicted molar refractivity (Wildman–Crippen MR) is 205 cm³/mol. The van der Waals surface area contributed by atoms with Crippen LogP contribution in [0, 0.1) is 0 Å². The normalized spacial score (nSPS) is 21.7. The minimum atomic E-state index is -1.60.